The normalized spacial score (nSPS) is 19.4. The molecule has 0 bridgehead atoms. The van der Waals surface area contributed by atoms with Gasteiger partial charge in [-0.25, -0.2) is 25.9 Å². The van der Waals surface area contributed by atoms with Gasteiger partial charge in [-0.2, -0.15) is 26.3 Å². The quantitative estimate of drug-likeness (QED) is 0.479. The summed E-state index contributed by atoms with van der Waals surface area (Å²) in [5, 5.41) is 9.14. The number of alkyl halides is 6. The van der Waals surface area contributed by atoms with E-state index in [2.05, 4.69) is 4.72 Å². The highest BCUT2D eigenvalue weighted by Gasteiger charge is 2.71. The number of anilines is 1. The maximum atomic E-state index is 13.6. The van der Waals surface area contributed by atoms with Crippen LogP contribution in [0.15, 0.2) is 47.4 Å². The number of rotatable bonds is 7. The van der Waals surface area contributed by atoms with Crippen molar-refractivity contribution in [2.24, 2.45) is 0 Å². The molecule has 0 aromatic heterocycles. The third-order valence-electron chi connectivity index (χ3n) is 6.49. The van der Waals surface area contributed by atoms with Crippen LogP contribution in [0.4, 0.5) is 36.4 Å². The highest BCUT2D eigenvalue weighted by Crippen LogP contribution is 2.51. The molecule has 1 heterocycles. The van der Waals surface area contributed by atoms with Crippen molar-refractivity contribution in [3.05, 3.63) is 59.4 Å². The monoisotopic (exact) mass is 590 g/mol. The van der Waals surface area contributed by atoms with Crippen LogP contribution >= 0.6 is 0 Å². The van der Waals surface area contributed by atoms with Gasteiger partial charge in [-0.05, 0) is 61.6 Å². The Morgan fingerprint density at radius 3 is 2.00 bits per heavy atom. The van der Waals surface area contributed by atoms with Crippen molar-refractivity contribution in [1.29, 1.82) is 0 Å². The van der Waals surface area contributed by atoms with Crippen LogP contribution in [-0.4, -0.2) is 52.1 Å². The molecular weight excluding hydrogens is 569 g/mol. The molecule has 210 valence electrons. The number of sulfonamides is 2. The molecule has 1 saturated carbocycles. The zero-order valence-corrected chi connectivity index (χ0v) is 20.9. The second-order valence-electron chi connectivity index (χ2n) is 9.09. The Hall–Kier alpha value is -2.43. The summed E-state index contributed by atoms with van der Waals surface area (Å²) in [5.41, 5.74) is -7.32. The van der Waals surface area contributed by atoms with E-state index in [0.717, 1.165) is 24.3 Å². The van der Waals surface area contributed by atoms with E-state index in [-0.39, 0.29) is 24.1 Å². The summed E-state index contributed by atoms with van der Waals surface area (Å²) in [6.07, 6.45) is -11.8. The average molecular weight is 591 g/mol. The van der Waals surface area contributed by atoms with Crippen molar-refractivity contribution in [3.8, 4) is 0 Å². The maximum Gasteiger partial charge on any atom is 0.430 e. The third-order valence-corrected chi connectivity index (χ3v) is 10.3. The number of aryl methyl sites for hydroxylation is 1. The Kier molecular flexibility index (Phi) is 7.03. The first kappa shape index (κ1) is 28.6. The van der Waals surface area contributed by atoms with E-state index < -0.39 is 72.1 Å². The molecule has 0 radical (unpaired) electrons. The second kappa shape index (κ2) is 9.34. The molecule has 0 saturated heterocycles. The minimum absolute atomic E-state index is 0.180. The topological polar surface area (TPSA) is 104 Å². The second-order valence-corrected chi connectivity index (χ2v) is 12.9. The van der Waals surface area contributed by atoms with Gasteiger partial charge in [-0.15, -0.1) is 0 Å². The Balaban J connectivity index is 1.81. The number of hydrogen-bond acceptors (Lipinski definition) is 5. The molecular formula is C22H21F7N2O5S2. The lowest BCUT2D eigenvalue weighted by Gasteiger charge is -2.39. The molecule has 2 aromatic carbocycles. The van der Waals surface area contributed by atoms with E-state index in [9.17, 15) is 52.7 Å². The molecule has 38 heavy (non-hydrogen) atoms. The SMILES string of the molecule is O=S(=O)(NCC1CCc2cc(C(O)(C(F)(F)F)C(F)(F)F)ccc2N1S(=O)(=O)c1ccc(F)cc1)C1CC1. The van der Waals surface area contributed by atoms with Crippen LogP contribution in [0.25, 0.3) is 0 Å². The van der Waals surface area contributed by atoms with Gasteiger partial charge in [0.1, 0.15) is 5.82 Å². The fourth-order valence-electron chi connectivity index (χ4n) is 4.29. The molecule has 1 fully saturated rings. The first-order valence-electron chi connectivity index (χ1n) is 11.2. The van der Waals surface area contributed by atoms with Crippen LogP contribution in [-0.2, 0) is 32.1 Å². The zero-order valence-electron chi connectivity index (χ0n) is 19.2. The summed E-state index contributed by atoms with van der Waals surface area (Å²) in [6, 6.07) is 3.89. The van der Waals surface area contributed by atoms with E-state index in [4.69, 9.17) is 0 Å². The lowest BCUT2D eigenvalue weighted by molar-refractivity contribution is -0.376. The highest BCUT2D eigenvalue weighted by molar-refractivity contribution is 7.93. The number of nitrogens with one attached hydrogen (secondary N) is 1. The number of benzene rings is 2. The molecule has 2 aromatic rings. The van der Waals surface area contributed by atoms with Crippen LogP contribution in [0.5, 0.6) is 0 Å². The van der Waals surface area contributed by atoms with Gasteiger partial charge in [-0.3, -0.25) is 4.31 Å². The average Bonchev–Trinajstić information content (AvgIpc) is 3.66. The fourth-order valence-corrected chi connectivity index (χ4v) is 7.42. The standard InChI is InChI=1S/C22H21F7N2O5S2/c23-15-3-6-18(7-4-15)38(35,36)31-16(12-30-37(33,34)17-8-9-17)5-1-13-11-14(2-10-19(13)31)20(32,21(24,25)26)22(27,28)29/h2-4,6-7,10-11,16-17,30,32H,1,5,8-9,12H2. The molecule has 2 aliphatic rings. The molecule has 1 aliphatic heterocycles. The van der Waals surface area contributed by atoms with Crippen molar-refractivity contribution in [1.82, 2.24) is 4.72 Å². The van der Waals surface area contributed by atoms with Gasteiger partial charge in [0, 0.05) is 12.1 Å². The number of hydrogen-bond donors (Lipinski definition) is 2. The molecule has 7 nitrogen and oxygen atoms in total. The summed E-state index contributed by atoms with van der Waals surface area (Å²) < 4.78 is 149. The molecule has 4 rings (SSSR count). The van der Waals surface area contributed by atoms with Gasteiger partial charge in [0.05, 0.1) is 21.9 Å². The predicted octanol–water partition coefficient (Wildman–Crippen LogP) is 3.73. The summed E-state index contributed by atoms with van der Waals surface area (Å²) >= 11 is 0. The van der Waals surface area contributed by atoms with Gasteiger partial charge in [0.25, 0.3) is 15.6 Å². The lowest BCUT2D eigenvalue weighted by atomic mass is 9.88. The Bertz CT molecular complexity index is 1410. The number of fused-ring (bicyclic) bond motifs is 1. The molecule has 2 N–H and O–H groups in total. The van der Waals surface area contributed by atoms with Crippen molar-refractivity contribution in [2.45, 2.75) is 59.8 Å². The van der Waals surface area contributed by atoms with Crippen molar-refractivity contribution in [2.75, 3.05) is 10.8 Å². The molecule has 0 amide bonds. The van der Waals surface area contributed by atoms with E-state index >= 15 is 0 Å². The summed E-state index contributed by atoms with van der Waals surface area (Å²) in [5.74, 6) is -0.764. The first-order valence-corrected chi connectivity index (χ1v) is 14.2. The van der Waals surface area contributed by atoms with E-state index in [1.807, 2.05) is 0 Å². The molecule has 0 spiro atoms. The molecule has 1 unspecified atom stereocenters. The predicted molar refractivity (Wildman–Crippen MR) is 121 cm³/mol. The van der Waals surface area contributed by atoms with Crippen LogP contribution in [0, 0.1) is 5.82 Å². The van der Waals surface area contributed by atoms with E-state index in [0.29, 0.717) is 35.3 Å². The Morgan fingerprint density at radius 2 is 1.47 bits per heavy atom. The summed E-state index contributed by atoms with van der Waals surface area (Å²) in [7, 11) is -8.36. The van der Waals surface area contributed by atoms with Crippen LogP contribution in [0.3, 0.4) is 0 Å². The maximum absolute atomic E-state index is 13.6. The lowest BCUT2D eigenvalue weighted by Crippen LogP contribution is -2.54. The zero-order chi connectivity index (χ0) is 28.3. The van der Waals surface area contributed by atoms with Gasteiger partial charge in [-0.1, -0.05) is 12.1 Å². The number of aliphatic hydroxyl groups is 1. The third kappa shape index (κ3) is 4.98. The van der Waals surface area contributed by atoms with Crippen LogP contribution < -0.4 is 9.03 Å². The van der Waals surface area contributed by atoms with Gasteiger partial charge in [0.15, 0.2) is 0 Å². The van der Waals surface area contributed by atoms with Crippen molar-refractivity contribution in [3.63, 3.8) is 0 Å². The Morgan fingerprint density at radius 1 is 0.895 bits per heavy atom. The highest BCUT2D eigenvalue weighted by atomic mass is 32.2. The first-order chi connectivity index (χ1) is 17.4. The van der Waals surface area contributed by atoms with Crippen molar-refractivity contribution >= 4 is 25.7 Å². The summed E-state index contributed by atoms with van der Waals surface area (Å²) in [6.45, 7) is -0.421. The largest absolute Gasteiger partial charge is 0.430 e. The summed E-state index contributed by atoms with van der Waals surface area (Å²) in [4.78, 5) is -0.437. The van der Waals surface area contributed by atoms with Gasteiger partial charge < -0.3 is 5.11 Å². The minimum Gasteiger partial charge on any atom is -0.369 e. The van der Waals surface area contributed by atoms with E-state index in [1.54, 1.807) is 0 Å². The minimum atomic E-state index is -6.14. The molecule has 1 aliphatic carbocycles. The van der Waals surface area contributed by atoms with Crippen molar-refractivity contribution < 1.29 is 52.7 Å². The smallest absolute Gasteiger partial charge is 0.369 e. The number of halogens is 7. The van der Waals surface area contributed by atoms with Gasteiger partial charge in [0.2, 0.25) is 10.0 Å². The van der Waals surface area contributed by atoms with E-state index in [1.165, 1.54) is 0 Å². The van der Waals surface area contributed by atoms with Crippen LogP contribution in [0.2, 0.25) is 0 Å². The van der Waals surface area contributed by atoms with Gasteiger partial charge >= 0.3 is 12.4 Å². The Labute approximate surface area is 213 Å². The number of nitrogens with zero attached hydrogens (tertiary/aromatic N) is 1. The van der Waals surface area contributed by atoms with Crippen LogP contribution in [0.1, 0.15) is 30.4 Å². The molecule has 1 atom stereocenters. The fraction of sp³-hybridized carbons (Fsp3) is 0.455. The molecule has 16 heteroatoms.